The number of halogens is 2. The number of thioether (sulfide) groups is 2. The van der Waals surface area contributed by atoms with Crippen molar-refractivity contribution in [1.29, 1.82) is 0 Å². The van der Waals surface area contributed by atoms with Gasteiger partial charge in [0.25, 0.3) is 5.56 Å². The third-order valence-electron chi connectivity index (χ3n) is 3.44. The van der Waals surface area contributed by atoms with E-state index in [1.165, 1.54) is 11.8 Å². The minimum Gasteiger partial charge on any atom is -0.287 e. The first kappa shape index (κ1) is 16.2. The molecule has 2 aromatic rings. The van der Waals surface area contributed by atoms with Crippen molar-refractivity contribution in [2.75, 3.05) is 5.75 Å². The summed E-state index contributed by atoms with van der Waals surface area (Å²) in [6, 6.07) is 5.47. The van der Waals surface area contributed by atoms with Crippen LogP contribution >= 0.6 is 46.7 Å². The fourth-order valence-electron chi connectivity index (χ4n) is 2.29. The standard InChI is InChI=1S/C15H14Cl2N2OS2/c1-2-19-14(20)13-12(5-6-21-13)18-15(19)22-8-9-3-4-10(16)7-11(9)17/h3-4,7H,2,5-6,8H2,1H3. The molecular weight excluding hydrogens is 359 g/mol. The molecule has 1 aliphatic heterocycles. The quantitative estimate of drug-likeness (QED) is 0.584. The SMILES string of the molecule is CCn1c(SCc2ccc(Cl)cc2Cl)nc2c(c1=O)SCC2. The lowest BCUT2D eigenvalue weighted by atomic mass is 10.2. The number of rotatable bonds is 4. The van der Waals surface area contributed by atoms with Crippen molar-refractivity contribution >= 4 is 46.7 Å². The number of fused-ring (bicyclic) bond motifs is 1. The summed E-state index contributed by atoms with van der Waals surface area (Å²) in [6.07, 6.45) is 0.870. The Morgan fingerprint density at radius 2 is 2.23 bits per heavy atom. The van der Waals surface area contributed by atoms with Gasteiger partial charge in [-0.3, -0.25) is 9.36 Å². The number of nitrogens with zero attached hydrogens (tertiary/aromatic N) is 2. The third-order valence-corrected chi connectivity index (χ3v) is 6.16. The Morgan fingerprint density at radius 1 is 1.41 bits per heavy atom. The maximum absolute atomic E-state index is 12.5. The number of hydrogen-bond acceptors (Lipinski definition) is 4. The van der Waals surface area contributed by atoms with Gasteiger partial charge in [0.05, 0.1) is 10.6 Å². The maximum atomic E-state index is 12.5. The maximum Gasteiger partial charge on any atom is 0.268 e. The van der Waals surface area contributed by atoms with Crippen molar-refractivity contribution in [1.82, 2.24) is 9.55 Å². The fourth-order valence-corrected chi connectivity index (χ4v) is 4.97. The summed E-state index contributed by atoms with van der Waals surface area (Å²) in [6.45, 7) is 2.59. The molecule has 0 unspecified atom stereocenters. The Balaban J connectivity index is 1.89. The van der Waals surface area contributed by atoms with E-state index in [0.29, 0.717) is 22.3 Å². The van der Waals surface area contributed by atoms with Gasteiger partial charge in [0.1, 0.15) is 0 Å². The molecule has 1 aromatic heterocycles. The lowest BCUT2D eigenvalue weighted by molar-refractivity contribution is 0.597. The smallest absolute Gasteiger partial charge is 0.268 e. The van der Waals surface area contributed by atoms with Gasteiger partial charge in [-0.05, 0) is 24.6 Å². The number of aromatic nitrogens is 2. The largest absolute Gasteiger partial charge is 0.287 e. The van der Waals surface area contributed by atoms with Gasteiger partial charge >= 0.3 is 0 Å². The average Bonchev–Trinajstić information content (AvgIpc) is 2.95. The summed E-state index contributed by atoms with van der Waals surface area (Å²) in [5.41, 5.74) is 2.01. The van der Waals surface area contributed by atoms with Crippen molar-refractivity contribution in [3.63, 3.8) is 0 Å². The van der Waals surface area contributed by atoms with E-state index in [0.717, 1.165) is 33.5 Å². The first-order valence-electron chi connectivity index (χ1n) is 6.93. The molecule has 0 N–H and O–H groups in total. The van der Waals surface area contributed by atoms with E-state index < -0.39 is 0 Å². The lowest BCUT2D eigenvalue weighted by Crippen LogP contribution is -2.24. The summed E-state index contributed by atoms with van der Waals surface area (Å²) < 4.78 is 1.74. The molecule has 0 saturated heterocycles. The van der Waals surface area contributed by atoms with E-state index in [2.05, 4.69) is 4.98 Å². The summed E-state index contributed by atoms with van der Waals surface area (Å²) in [5, 5.41) is 2.03. The highest BCUT2D eigenvalue weighted by Crippen LogP contribution is 2.31. The van der Waals surface area contributed by atoms with Crippen LogP contribution in [0, 0.1) is 0 Å². The second-order valence-corrected chi connectivity index (χ2v) is 7.73. The van der Waals surface area contributed by atoms with Gasteiger partial charge in [-0.15, -0.1) is 11.8 Å². The predicted molar refractivity (Wildman–Crippen MR) is 94.6 cm³/mol. The number of benzene rings is 1. The summed E-state index contributed by atoms with van der Waals surface area (Å²) >= 11 is 15.3. The number of hydrogen-bond donors (Lipinski definition) is 0. The van der Waals surface area contributed by atoms with Crippen LogP contribution in [0.25, 0.3) is 0 Å². The molecular formula is C15H14Cl2N2OS2. The number of aryl methyl sites for hydroxylation is 1. The molecule has 0 spiro atoms. The van der Waals surface area contributed by atoms with Crippen molar-refractivity contribution in [3.8, 4) is 0 Å². The van der Waals surface area contributed by atoms with Gasteiger partial charge in [-0.1, -0.05) is 41.0 Å². The molecule has 1 aromatic carbocycles. The molecule has 2 heterocycles. The van der Waals surface area contributed by atoms with Gasteiger partial charge in [-0.25, -0.2) is 4.98 Å². The van der Waals surface area contributed by atoms with Crippen LogP contribution in [-0.4, -0.2) is 15.3 Å². The van der Waals surface area contributed by atoms with E-state index in [1.807, 2.05) is 19.1 Å². The van der Waals surface area contributed by atoms with Crippen LogP contribution in [0.15, 0.2) is 33.0 Å². The van der Waals surface area contributed by atoms with Gasteiger partial charge < -0.3 is 0 Å². The molecule has 116 valence electrons. The molecule has 0 fully saturated rings. The third kappa shape index (κ3) is 3.18. The Kier molecular flexibility index (Phi) is 5.07. The Hall–Kier alpha value is -0.620. The van der Waals surface area contributed by atoms with Crippen LogP contribution in [-0.2, 0) is 18.7 Å². The van der Waals surface area contributed by atoms with E-state index in [1.54, 1.807) is 22.4 Å². The summed E-state index contributed by atoms with van der Waals surface area (Å²) in [4.78, 5) is 18.0. The normalized spacial score (nSPS) is 13.4. The second-order valence-electron chi connectivity index (χ2n) is 4.84. The highest BCUT2D eigenvalue weighted by Gasteiger charge is 2.21. The predicted octanol–water partition coefficient (Wildman–Crippen LogP) is 4.51. The van der Waals surface area contributed by atoms with Gasteiger partial charge in [0, 0.05) is 34.5 Å². The Labute approximate surface area is 147 Å². The highest BCUT2D eigenvalue weighted by atomic mass is 35.5. The highest BCUT2D eigenvalue weighted by molar-refractivity contribution is 7.99. The van der Waals surface area contributed by atoms with E-state index in [9.17, 15) is 4.79 Å². The molecule has 0 radical (unpaired) electrons. The molecule has 0 atom stereocenters. The first-order chi connectivity index (χ1) is 10.6. The van der Waals surface area contributed by atoms with Crippen molar-refractivity contribution in [3.05, 3.63) is 49.9 Å². The molecule has 3 nitrogen and oxygen atoms in total. The monoisotopic (exact) mass is 372 g/mol. The van der Waals surface area contributed by atoms with Crippen LogP contribution < -0.4 is 5.56 Å². The van der Waals surface area contributed by atoms with E-state index in [4.69, 9.17) is 23.2 Å². The second kappa shape index (κ2) is 6.87. The van der Waals surface area contributed by atoms with Gasteiger partial charge in [0.2, 0.25) is 0 Å². The van der Waals surface area contributed by atoms with Crippen molar-refractivity contribution < 1.29 is 0 Å². The zero-order valence-electron chi connectivity index (χ0n) is 11.9. The summed E-state index contributed by atoms with van der Waals surface area (Å²) in [7, 11) is 0. The summed E-state index contributed by atoms with van der Waals surface area (Å²) in [5.74, 6) is 1.60. The molecule has 1 aliphatic rings. The van der Waals surface area contributed by atoms with E-state index in [-0.39, 0.29) is 5.56 Å². The molecule has 0 aliphatic carbocycles. The molecule has 3 rings (SSSR count). The molecule has 0 saturated carbocycles. The van der Waals surface area contributed by atoms with Crippen molar-refractivity contribution in [2.24, 2.45) is 0 Å². The molecule has 0 bridgehead atoms. The molecule has 0 amide bonds. The van der Waals surface area contributed by atoms with Crippen molar-refractivity contribution in [2.45, 2.75) is 35.7 Å². The fraction of sp³-hybridized carbons (Fsp3) is 0.333. The zero-order chi connectivity index (χ0) is 15.7. The van der Waals surface area contributed by atoms with Gasteiger partial charge in [-0.2, -0.15) is 0 Å². The van der Waals surface area contributed by atoms with Crippen LogP contribution in [0.3, 0.4) is 0 Å². The molecule has 22 heavy (non-hydrogen) atoms. The van der Waals surface area contributed by atoms with Gasteiger partial charge in [0.15, 0.2) is 5.16 Å². The van der Waals surface area contributed by atoms with Crippen LogP contribution in [0.2, 0.25) is 10.0 Å². The van der Waals surface area contributed by atoms with Crippen LogP contribution in [0.5, 0.6) is 0 Å². The Morgan fingerprint density at radius 3 is 2.95 bits per heavy atom. The first-order valence-corrected chi connectivity index (χ1v) is 9.66. The van der Waals surface area contributed by atoms with Crippen LogP contribution in [0.1, 0.15) is 18.2 Å². The lowest BCUT2D eigenvalue weighted by Gasteiger charge is -2.12. The minimum absolute atomic E-state index is 0.0831. The van der Waals surface area contributed by atoms with Crippen LogP contribution in [0.4, 0.5) is 0 Å². The topological polar surface area (TPSA) is 34.9 Å². The average molecular weight is 373 g/mol. The Bertz CT molecular complexity index is 777. The zero-order valence-corrected chi connectivity index (χ0v) is 15.1. The van der Waals surface area contributed by atoms with E-state index >= 15 is 0 Å². The molecule has 7 heteroatoms. The minimum atomic E-state index is 0.0831.